The summed E-state index contributed by atoms with van der Waals surface area (Å²) in [6, 6.07) is 11.7. The number of hydrogen-bond donors (Lipinski definition) is 1. The summed E-state index contributed by atoms with van der Waals surface area (Å²) < 4.78 is 17.0. The lowest BCUT2D eigenvalue weighted by molar-refractivity contribution is -0.116. The van der Waals surface area contributed by atoms with E-state index >= 15 is 0 Å². The minimum Gasteiger partial charge on any atom is -0.302 e. The second-order valence-corrected chi connectivity index (χ2v) is 8.33. The molecule has 8 nitrogen and oxygen atoms in total. The number of nitrogens with zero attached hydrogens (tertiary/aromatic N) is 5. The fourth-order valence-electron chi connectivity index (χ4n) is 3.37. The number of halogens is 1. The third-order valence-electron chi connectivity index (χ3n) is 5.00. The summed E-state index contributed by atoms with van der Waals surface area (Å²) >= 11 is 1.41. The minimum atomic E-state index is -0.361. The maximum absolute atomic E-state index is 13.2. The van der Waals surface area contributed by atoms with E-state index in [9.17, 15) is 14.0 Å². The van der Waals surface area contributed by atoms with Gasteiger partial charge in [0.1, 0.15) is 11.2 Å². The van der Waals surface area contributed by atoms with Crippen LogP contribution in [-0.4, -0.2) is 30.2 Å². The van der Waals surface area contributed by atoms with Gasteiger partial charge >= 0.3 is 0 Å². The number of rotatable bonds is 5. The van der Waals surface area contributed by atoms with Crippen LogP contribution in [0.5, 0.6) is 0 Å². The zero-order valence-corrected chi connectivity index (χ0v) is 17.8. The van der Waals surface area contributed by atoms with Crippen molar-refractivity contribution in [2.75, 3.05) is 5.32 Å². The van der Waals surface area contributed by atoms with Gasteiger partial charge in [0.2, 0.25) is 5.91 Å². The van der Waals surface area contributed by atoms with E-state index in [0.29, 0.717) is 21.9 Å². The van der Waals surface area contributed by atoms with Crippen molar-refractivity contribution in [2.45, 2.75) is 19.9 Å². The standard InChI is InChI=1S/C22H17FN6O2S/c1-13-2-7-17-18(10-13)32-22(26-17)27-19(30)8-9-28-12-24-20-16(21(28)31)11-25-29(20)15-5-3-14(23)4-6-15/h2-7,10-12H,8-9H2,1H3,(H,26,27,30). The van der Waals surface area contributed by atoms with E-state index < -0.39 is 0 Å². The zero-order chi connectivity index (χ0) is 22.2. The Morgan fingerprint density at radius 2 is 2.00 bits per heavy atom. The molecule has 0 atom stereocenters. The lowest BCUT2D eigenvalue weighted by Gasteiger charge is -2.06. The highest BCUT2D eigenvalue weighted by Gasteiger charge is 2.13. The Hall–Kier alpha value is -3.92. The number of amides is 1. The highest BCUT2D eigenvalue weighted by Crippen LogP contribution is 2.26. The van der Waals surface area contributed by atoms with Gasteiger partial charge in [0.25, 0.3) is 5.56 Å². The molecule has 3 aromatic heterocycles. The molecule has 0 aliphatic carbocycles. The van der Waals surface area contributed by atoms with Crippen LogP contribution in [0.2, 0.25) is 0 Å². The van der Waals surface area contributed by atoms with E-state index in [1.54, 1.807) is 12.1 Å². The summed E-state index contributed by atoms with van der Waals surface area (Å²) in [4.78, 5) is 34.0. The Labute approximate surface area is 185 Å². The summed E-state index contributed by atoms with van der Waals surface area (Å²) in [6.45, 7) is 2.17. The second-order valence-electron chi connectivity index (χ2n) is 7.30. The third kappa shape index (κ3) is 3.76. The van der Waals surface area contributed by atoms with Gasteiger partial charge in [0.05, 0.1) is 28.4 Å². The molecule has 0 spiro atoms. The Morgan fingerprint density at radius 1 is 1.19 bits per heavy atom. The number of benzene rings is 2. The smallest absolute Gasteiger partial charge is 0.264 e. The predicted molar refractivity (Wildman–Crippen MR) is 121 cm³/mol. The van der Waals surface area contributed by atoms with Crippen molar-refractivity contribution < 1.29 is 9.18 Å². The van der Waals surface area contributed by atoms with Gasteiger partial charge in [-0.3, -0.25) is 14.2 Å². The van der Waals surface area contributed by atoms with Crippen LogP contribution in [0.4, 0.5) is 9.52 Å². The van der Waals surface area contributed by atoms with E-state index in [2.05, 4.69) is 20.4 Å². The number of aryl methyl sites for hydroxylation is 2. The molecule has 0 bridgehead atoms. The van der Waals surface area contributed by atoms with Gasteiger partial charge in [-0.25, -0.2) is 19.0 Å². The van der Waals surface area contributed by atoms with E-state index in [0.717, 1.165) is 15.8 Å². The average molecular weight is 448 g/mol. The van der Waals surface area contributed by atoms with Crippen molar-refractivity contribution in [3.63, 3.8) is 0 Å². The maximum atomic E-state index is 13.2. The van der Waals surface area contributed by atoms with Gasteiger partial charge in [0, 0.05) is 13.0 Å². The molecule has 0 aliphatic rings. The van der Waals surface area contributed by atoms with Gasteiger partial charge in [-0.2, -0.15) is 5.10 Å². The first kappa shape index (κ1) is 20.0. The monoisotopic (exact) mass is 448 g/mol. The molecule has 0 unspecified atom stereocenters. The Bertz CT molecular complexity index is 1520. The summed E-state index contributed by atoms with van der Waals surface area (Å²) in [7, 11) is 0. The molecule has 1 amide bonds. The summed E-state index contributed by atoms with van der Waals surface area (Å²) in [5.41, 5.74) is 2.62. The van der Waals surface area contributed by atoms with Crippen LogP contribution in [0, 0.1) is 12.7 Å². The molecule has 1 N–H and O–H groups in total. The number of thiazole rings is 1. The quantitative estimate of drug-likeness (QED) is 0.443. The third-order valence-corrected chi connectivity index (χ3v) is 5.93. The highest BCUT2D eigenvalue weighted by molar-refractivity contribution is 7.22. The summed E-state index contributed by atoms with van der Waals surface area (Å²) in [5.74, 6) is -0.602. The van der Waals surface area contributed by atoms with Gasteiger partial charge in [-0.1, -0.05) is 17.4 Å². The maximum Gasteiger partial charge on any atom is 0.264 e. The fraction of sp³-hybridized carbons (Fsp3) is 0.136. The number of carbonyl (C=O) groups excluding carboxylic acids is 1. The Kier molecular flexibility index (Phi) is 4.98. The molecule has 0 saturated carbocycles. The predicted octanol–water partition coefficient (Wildman–Crippen LogP) is 3.67. The largest absolute Gasteiger partial charge is 0.302 e. The number of carbonyl (C=O) groups is 1. The SMILES string of the molecule is Cc1ccc2nc(NC(=O)CCn3cnc4c(cnn4-c4ccc(F)cc4)c3=O)sc2c1. The summed E-state index contributed by atoms with van der Waals surface area (Å²) in [6.07, 6.45) is 2.90. The molecule has 0 saturated heterocycles. The van der Waals surface area contributed by atoms with Gasteiger partial charge in [-0.05, 0) is 48.9 Å². The van der Waals surface area contributed by atoms with E-state index in [1.807, 2.05) is 25.1 Å². The molecule has 0 aliphatic heterocycles. The molecule has 0 fully saturated rings. The van der Waals surface area contributed by atoms with Gasteiger partial charge in [-0.15, -0.1) is 0 Å². The fourth-order valence-corrected chi connectivity index (χ4v) is 4.35. The lowest BCUT2D eigenvalue weighted by Crippen LogP contribution is -2.23. The van der Waals surface area contributed by atoms with Crippen molar-refractivity contribution >= 4 is 43.6 Å². The lowest BCUT2D eigenvalue weighted by atomic mass is 10.2. The van der Waals surface area contributed by atoms with Crippen molar-refractivity contribution in [3.8, 4) is 5.69 Å². The summed E-state index contributed by atoms with van der Waals surface area (Å²) in [5, 5.41) is 7.84. The Morgan fingerprint density at radius 3 is 2.81 bits per heavy atom. The van der Waals surface area contributed by atoms with E-state index in [-0.39, 0.29) is 30.2 Å². The molecule has 160 valence electrons. The van der Waals surface area contributed by atoms with Crippen molar-refractivity contribution in [1.29, 1.82) is 0 Å². The normalized spacial score (nSPS) is 11.3. The van der Waals surface area contributed by atoms with Gasteiger partial charge in [0.15, 0.2) is 10.8 Å². The molecular weight excluding hydrogens is 431 g/mol. The average Bonchev–Trinajstić information content (AvgIpc) is 3.37. The van der Waals surface area contributed by atoms with Crippen LogP contribution in [0.1, 0.15) is 12.0 Å². The first-order valence-electron chi connectivity index (χ1n) is 9.84. The molecule has 5 rings (SSSR count). The van der Waals surface area contributed by atoms with E-state index in [1.165, 1.54) is 45.2 Å². The highest BCUT2D eigenvalue weighted by atomic mass is 32.1. The molecule has 3 heterocycles. The van der Waals surface area contributed by atoms with Crippen molar-refractivity contribution in [1.82, 2.24) is 24.3 Å². The van der Waals surface area contributed by atoms with Crippen LogP contribution in [0.15, 0.2) is 59.8 Å². The second kappa shape index (κ2) is 7.97. The molecular formula is C22H17FN6O2S. The molecule has 32 heavy (non-hydrogen) atoms. The van der Waals surface area contributed by atoms with Crippen molar-refractivity contribution in [2.24, 2.45) is 0 Å². The van der Waals surface area contributed by atoms with Crippen LogP contribution >= 0.6 is 11.3 Å². The number of fused-ring (bicyclic) bond motifs is 2. The van der Waals surface area contributed by atoms with Crippen LogP contribution < -0.4 is 10.9 Å². The van der Waals surface area contributed by atoms with Gasteiger partial charge < -0.3 is 5.32 Å². The van der Waals surface area contributed by atoms with Crippen LogP contribution in [0.3, 0.4) is 0 Å². The molecule has 5 aromatic rings. The number of anilines is 1. The van der Waals surface area contributed by atoms with Crippen molar-refractivity contribution in [3.05, 3.63) is 76.7 Å². The number of aromatic nitrogens is 5. The minimum absolute atomic E-state index is 0.0914. The molecule has 2 aromatic carbocycles. The molecule has 10 heteroatoms. The number of nitrogens with one attached hydrogen (secondary N) is 1. The first-order valence-corrected chi connectivity index (χ1v) is 10.7. The molecule has 0 radical (unpaired) electrons. The topological polar surface area (TPSA) is 94.7 Å². The van der Waals surface area contributed by atoms with Crippen LogP contribution in [-0.2, 0) is 11.3 Å². The first-order chi connectivity index (χ1) is 15.5. The van der Waals surface area contributed by atoms with Crippen LogP contribution in [0.25, 0.3) is 26.9 Å². The number of hydrogen-bond acceptors (Lipinski definition) is 6. The van der Waals surface area contributed by atoms with E-state index in [4.69, 9.17) is 0 Å². The zero-order valence-electron chi connectivity index (χ0n) is 16.9. The Balaban J connectivity index is 1.31.